The Balaban J connectivity index is 2.46. The van der Waals surface area contributed by atoms with Gasteiger partial charge in [0.2, 0.25) is 11.8 Å². The van der Waals surface area contributed by atoms with E-state index >= 15 is 0 Å². The predicted molar refractivity (Wildman–Crippen MR) is 72.1 cm³/mol. The molecule has 0 spiro atoms. The first kappa shape index (κ1) is 15.0. The fraction of sp³-hybridized carbons (Fsp3) is 0.857. The van der Waals surface area contributed by atoms with Crippen molar-refractivity contribution in [2.24, 2.45) is 0 Å². The first-order valence-electron chi connectivity index (χ1n) is 7.26. The van der Waals surface area contributed by atoms with E-state index in [1.807, 2.05) is 13.8 Å². The van der Waals surface area contributed by atoms with E-state index in [2.05, 4.69) is 10.6 Å². The second kappa shape index (κ2) is 8.11. The molecule has 4 nitrogen and oxygen atoms in total. The fourth-order valence-corrected chi connectivity index (χ4v) is 2.49. The van der Waals surface area contributed by atoms with Gasteiger partial charge in [-0.3, -0.25) is 9.59 Å². The lowest BCUT2D eigenvalue weighted by Gasteiger charge is -2.32. The Morgan fingerprint density at radius 2 is 1.28 bits per heavy atom. The molecule has 0 aliphatic heterocycles. The normalized spacial score (nSPS) is 23.4. The summed E-state index contributed by atoms with van der Waals surface area (Å²) < 4.78 is 0. The fourth-order valence-electron chi connectivity index (χ4n) is 2.49. The minimum absolute atomic E-state index is 0.110. The summed E-state index contributed by atoms with van der Waals surface area (Å²) in [6.45, 7) is 4.00. The molecule has 0 aromatic heterocycles. The van der Waals surface area contributed by atoms with Crippen molar-refractivity contribution in [1.82, 2.24) is 10.6 Å². The third-order valence-corrected chi connectivity index (χ3v) is 3.41. The summed E-state index contributed by atoms with van der Waals surface area (Å²) in [6, 6.07) is 0.247. The van der Waals surface area contributed by atoms with E-state index in [1.165, 1.54) is 0 Å². The van der Waals surface area contributed by atoms with Gasteiger partial charge in [0.25, 0.3) is 0 Å². The Bertz CT molecular complexity index is 251. The molecule has 0 saturated heterocycles. The minimum atomic E-state index is 0.110. The van der Waals surface area contributed by atoms with E-state index < -0.39 is 0 Å². The molecular weight excluding hydrogens is 228 g/mol. The molecule has 4 heteroatoms. The average molecular weight is 254 g/mol. The van der Waals surface area contributed by atoms with Crippen LogP contribution in [0, 0.1) is 0 Å². The molecular formula is C14H26N2O2. The van der Waals surface area contributed by atoms with Gasteiger partial charge in [-0.25, -0.2) is 0 Å². The van der Waals surface area contributed by atoms with Crippen molar-refractivity contribution in [3.05, 3.63) is 0 Å². The van der Waals surface area contributed by atoms with Gasteiger partial charge in [0.15, 0.2) is 0 Å². The highest BCUT2D eigenvalue weighted by molar-refractivity contribution is 5.77. The van der Waals surface area contributed by atoms with E-state index in [9.17, 15) is 9.59 Å². The molecule has 0 radical (unpaired) electrons. The van der Waals surface area contributed by atoms with Crippen LogP contribution >= 0.6 is 0 Å². The van der Waals surface area contributed by atoms with Crippen molar-refractivity contribution in [1.29, 1.82) is 0 Å². The van der Waals surface area contributed by atoms with Crippen molar-refractivity contribution >= 4 is 11.8 Å². The van der Waals surface area contributed by atoms with Gasteiger partial charge in [-0.1, -0.05) is 26.7 Å². The summed E-state index contributed by atoms with van der Waals surface area (Å²) in [4.78, 5) is 23.3. The van der Waals surface area contributed by atoms with Gasteiger partial charge in [-0.05, 0) is 25.7 Å². The molecule has 0 bridgehead atoms. The first-order valence-corrected chi connectivity index (χ1v) is 7.26. The summed E-state index contributed by atoms with van der Waals surface area (Å²) in [5, 5.41) is 6.13. The number of rotatable bonds is 6. The van der Waals surface area contributed by atoms with Gasteiger partial charge in [0, 0.05) is 24.9 Å². The average Bonchev–Trinajstić information content (AvgIpc) is 2.32. The Morgan fingerprint density at radius 1 is 0.889 bits per heavy atom. The first-order chi connectivity index (χ1) is 8.67. The van der Waals surface area contributed by atoms with Crippen molar-refractivity contribution in [3.63, 3.8) is 0 Å². The van der Waals surface area contributed by atoms with Gasteiger partial charge in [-0.2, -0.15) is 0 Å². The molecule has 1 rings (SSSR count). The van der Waals surface area contributed by atoms with E-state index in [0.29, 0.717) is 12.8 Å². The molecule has 104 valence electrons. The van der Waals surface area contributed by atoms with Crippen LogP contribution in [0.4, 0.5) is 0 Å². The largest absolute Gasteiger partial charge is 0.351 e. The summed E-state index contributed by atoms with van der Waals surface area (Å²) in [5.41, 5.74) is 0. The molecule has 1 aliphatic rings. The molecule has 2 N–H and O–H groups in total. The molecule has 2 amide bonds. The van der Waals surface area contributed by atoms with Crippen LogP contribution in [0.25, 0.3) is 0 Å². The van der Waals surface area contributed by atoms with Gasteiger partial charge >= 0.3 is 0 Å². The number of hydrogen-bond donors (Lipinski definition) is 2. The highest BCUT2D eigenvalue weighted by atomic mass is 16.2. The SMILES string of the molecule is CCCC(=O)N[C@@H]1CCCC[C@H]1NC(=O)CCC. The molecule has 18 heavy (non-hydrogen) atoms. The molecule has 0 heterocycles. The predicted octanol–water partition coefficient (Wildman–Crippen LogP) is 2.13. The molecule has 0 aromatic carbocycles. The van der Waals surface area contributed by atoms with E-state index in [1.54, 1.807) is 0 Å². The lowest BCUT2D eigenvalue weighted by Crippen LogP contribution is -2.53. The third-order valence-electron chi connectivity index (χ3n) is 3.41. The molecule has 0 unspecified atom stereocenters. The molecule has 2 atom stereocenters. The highest BCUT2D eigenvalue weighted by Crippen LogP contribution is 2.19. The number of hydrogen-bond acceptors (Lipinski definition) is 2. The number of carbonyl (C=O) groups is 2. The Hall–Kier alpha value is -1.06. The summed E-state index contributed by atoms with van der Waals surface area (Å²) in [6.07, 6.45) is 7.11. The van der Waals surface area contributed by atoms with Crippen molar-refractivity contribution in [3.8, 4) is 0 Å². The molecule has 1 aliphatic carbocycles. The summed E-state index contributed by atoms with van der Waals surface area (Å²) in [7, 11) is 0. The van der Waals surface area contributed by atoms with Crippen LogP contribution in [0.5, 0.6) is 0 Å². The van der Waals surface area contributed by atoms with Crippen LogP contribution < -0.4 is 10.6 Å². The molecule has 1 saturated carbocycles. The topological polar surface area (TPSA) is 58.2 Å². The lowest BCUT2D eigenvalue weighted by atomic mass is 9.90. The molecule has 0 aromatic rings. The van der Waals surface area contributed by atoms with Crippen LogP contribution in [0.2, 0.25) is 0 Å². The smallest absolute Gasteiger partial charge is 0.220 e. The maximum atomic E-state index is 11.6. The van der Waals surface area contributed by atoms with Crippen molar-refractivity contribution in [2.75, 3.05) is 0 Å². The Labute approximate surface area is 110 Å². The van der Waals surface area contributed by atoms with Crippen LogP contribution in [0.1, 0.15) is 65.2 Å². The van der Waals surface area contributed by atoms with Crippen molar-refractivity contribution in [2.45, 2.75) is 77.3 Å². The van der Waals surface area contributed by atoms with Crippen molar-refractivity contribution < 1.29 is 9.59 Å². The highest BCUT2D eigenvalue weighted by Gasteiger charge is 2.27. The monoisotopic (exact) mass is 254 g/mol. The van der Waals surface area contributed by atoms with E-state index in [0.717, 1.165) is 38.5 Å². The maximum Gasteiger partial charge on any atom is 0.220 e. The zero-order chi connectivity index (χ0) is 13.4. The van der Waals surface area contributed by atoms with Gasteiger partial charge in [-0.15, -0.1) is 0 Å². The van der Waals surface area contributed by atoms with Crippen LogP contribution in [-0.2, 0) is 9.59 Å². The van der Waals surface area contributed by atoms with Crippen LogP contribution in [0.15, 0.2) is 0 Å². The number of carbonyl (C=O) groups excluding carboxylic acids is 2. The second-order valence-electron chi connectivity index (χ2n) is 5.13. The third kappa shape index (κ3) is 5.07. The standard InChI is InChI=1S/C14H26N2O2/c1-3-7-13(17)15-11-9-5-6-10-12(11)16-14(18)8-4-2/h11-12H,3-10H2,1-2H3,(H,15,17)(H,16,18)/t11-,12-/m1/s1. The van der Waals surface area contributed by atoms with Gasteiger partial charge in [0.1, 0.15) is 0 Å². The summed E-state index contributed by atoms with van der Waals surface area (Å²) in [5.74, 6) is 0.221. The summed E-state index contributed by atoms with van der Waals surface area (Å²) >= 11 is 0. The van der Waals surface area contributed by atoms with E-state index in [-0.39, 0.29) is 23.9 Å². The van der Waals surface area contributed by atoms with Crippen LogP contribution in [-0.4, -0.2) is 23.9 Å². The quantitative estimate of drug-likeness (QED) is 0.763. The number of amides is 2. The van der Waals surface area contributed by atoms with E-state index in [4.69, 9.17) is 0 Å². The van der Waals surface area contributed by atoms with Crippen LogP contribution in [0.3, 0.4) is 0 Å². The maximum absolute atomic E-state index is 11.6. The zero-order valence-corrected chi connectivity index (χ0v) is 11.6. The Morgan fingerprint density at radius 3 is 1.61 bits per heavy atom. The zero-order valence-electron chi connectivity index (χ0n) is 11.6. The Kier molecular flexibility index (Phi) is 6.76. The minimum Gasteiger partial charge on any atom is -0.351 e. The van der Waals surface area contributed by atoms with Gasteiger partial charge in [0.05, 0.1) is 0 Å². The van der Waals surface area contributed by atoms with Gasteiger partial charge < -0.3 is 10.6 Å². The molecule has 1 fully saturated rings. The second-order valence-corrected chi connectivity index (χ2v) is 5.13. The number of nitrogens with one attached hydrogen (secondary N) is 2. The lowest BCUT2D eigenvalue weighted by molar-refractivity contribution is -0.125.